The van der Waals surface area contributed by atoms with Crippen molar-refractivity contribution in [1.82, 2.24) is 9.88 Å². The Morgan fingerprint density at radius 1 is 1.50 bits per heavy atom. The Bertz CT molecular complexity index is 674. The molecule has 3 rings (SSSR count). The molecule has 2 aliphatic rings. The highest BCUT2D eigenvalue weighted by atomic mass is 32.2. The summed E-state index contributed by atoms with van der Waals surface area (Å²) in [5.74, 6) is -2.55. The van der Waals surface area contributed by atoms with Gasteiger partial charge in [0.2, 0.25) is 5.91 Å². The van der Waals surface area contributed by atoms with E-state index in [9.17, 15) is 24.6 Å². The molecule has 116 valence electrons. The number of β-lactam (4-membered cyclic amide) rings is 1. The van der Waals surface area contributed by atoms with Crippen LogP contribution in [0.1, 0.15) is 6.42 Å². The lowest BCUT2D eigenvalue weighted by Gasteiger charge is -2.47. The summed E-state index contributed by atoms with van der Waals surface area (Å²) in [6.45, 7) is 0. The number of hydrogen-bond donors (Lipinski definition) is 2. The van der Waals surface area contributed by atoms with Gasteiger partial charge in [0.15, 0.2) is 0 Å². The van der Waals surface area contributed by atoms with E-state index in [0.717, 1.165) is 21.0 Å². The average Bonchev–Trinajstić information content (AvgIpc) is 2.96. The van der Waals surface area contributed by atoms with Crippen LogP contribution in [0.5, 0.6) is 0 Å². The fourth-order valence-corrected chi connectivity index (χ4v) is 5.64. The Morgan fingerprint density at radius 2 is 2.27 bits per heavy atom. The van der Waals surface area contributed by atoms with Gasteiger partial charge in [0.25, 0.3) is 0 Å². The minimum absolute atomic E-state index is 0.149. The van der Waals surface area contributed by atoms with Gasteiger partial charge in [-0.1, -0.05) is 11.8 Å². The number of carboxylic acids is 2. The largest absolute Gasteiger partial charge is 0.480 e. The first-order chi connectivity index (χ1) is 10.4. The number of thioether (sulfide) groups is 2. The topological polar surface area (TPSA) is 108 Å². The van der Waals surface area contributed by atoms with E-state index >= 15 is 0 Å². The van der Waals surface area contributed by atoms with E-state index in [1.54, 1.807) is 11.6 Å². The SMILES string of the molecule is O=C(O)C1=CC(CSc2nccs2)(C(=O)O)S[C@@H]2CC(=O)N12. The van der Waals surface area contributed by atoms with Crippen molar-refractivity contribution in [3.05, 3.63) is 23.3 Å². The van der Waals surface area contributed by atoms with Gasteiger partial charge in [-0.05, 0) is 6.08 Å². The van der Waals surface area contributed by atoms with Crippen LogP contribution in [0.15, 0.2) is 27.7 Å². The Hall–Kier alpha value is -1.52. The minimum Gasteiger partial charge on any atom is -0.480 e. The van der Waals surface area contributed by atoms with Gasteiger partial charge < -0.3 is 10.2 Å². The van der Waals surface area contributed by atoms with Crippen molar-refractivity contribution in [3.63, 3.8) is 0 Å². The van der Waals surface area contributed by atoms with Gasteiger partial charge in [-0.15, -0.1) is 23.1 Å². The van der Waals surface area contributed by atoms with Gasteiger partial charge in [0, 0.05) is 17.3 Å². The maximum atomic E-state index is 11.8. The molecular weight excluding hydrogens is 348 g/mol. The second kappa shape index (κ2) is 5.60. The van der Waals surface area contributed by atoms with Crippen LogP contribution in [-0.2, 0) is 14.4 Å². The zero-order chi connectivity index (χ0) is 15.9. The molecule has 2 aliphatic heterocycles. The molecule has 3 heterocycles. The van der Waals surface area contributed by atoms with Gasteiger partial charge in [0.05, 0.1) is 11.8 Å². The summed E-state index contributed by atoms with van der Waals surface area (Å²) in [6, 6.07) is 0. The summed E-state index contributed by atoms with van der Waals surface area (Å²) < 4.78 is -0.662. The van der Waals surface area contributed by atoms with Gasteiger partial charge in [-0.25, -0.2) is 9.78 Å². The maximum Gasteiger partial charge on any atom is 0.352 e. The number of aromatic nitrogens is 1. The molecule has 0 spiro atoms. The standard InChI is InChI=1S/C12H10N2O5S3/c15-7-3-8-14(7)6(9(16)17)4-12(22-8,10(18)19)5-21-11-13-1-2-20-11/h1-2,4,8H,3,5H2,(H,16,17)(H,18,19)/t8-,12?/m1/s1. The summed E-state index contributed by atoms with van der Waals surface area (Å²) in [7, 11) is 0. The normalized spacial score (nSPS) is 26.9. The lowest BCUT2D eigenvalue weighted by molar-refractivity contribution is -0.146. The lowest BCUT2D eigenvalue weighted by Crippen LogP contribution is -2.58. The molecule has 0 aromatic carbocycles. The number of carbonyl (C=O) groups is 3. The first-order valence-electron chi connectivity index (χ1n) is 6.15. The van der Waals surface area contributed by atoms with E-state index in [4.69, 9.17) is 0 Å². The molecule has 2 atom stereocenters. The molecule has 1 saturated heterocycles. The van der Waals surface area contributed by atoms with Crippen LogP contribution >= 0.6 is 34.9 Å². The molecule has 1 amide bonds. The third-order valence-electron chi connectivity index (χ3n) is 3.28. The van der Waals surface area contributed by atoms with Crippen molar-refractivity contribution in [3.8, 4) is 0 Å². The highest BCUT2D eigenvalue weighted by molar-refractivity contribution is 8.05. The Labute approximate surface area is 137 Å². The van der Waals surface area contributed by atoms with Crippen molar-refractivity contribution in [1.29, 1.82) is 0 Å². The first-order valence-corrected chi connectivity index (χ1v) is 8.89. The zero-order valence-electron chi connectivity index (χ0n) is 11.0. The molecule has 1 aromatic rings. The first kappa shape index (κ1) is 15.4. The van der Waals surface area contributed by atoms with Crippen LogP contribution in [0.2, 0.25) is 0 Å². The Morgan fingerprint density at radius 3 is 2.82 bits per heavy atom. The van der Waals surface area contributed by atoms with E-state index in [0.29, 0.717) is 0 Å². The number of carboxylic acid groups (broad SMARTS) is 2. The van der Waals surface area contributed by atoms with Crippen LogP contribution in [-0.4, -0.2) is 53.8 Å². The quantitative estimate of drug-likeness (QED) is 0.600. The number of rotatable bonds is 5. The number of aliphatic carboxylic acids is 2. The molecule has 0 saturated carbocycles. The molecule has 7 nitrogen and oxygen atoms in total. The summed E-state index contributed by atoms with van der Waals surface area (Å²) in [5, 5.41) is 20.2. The van der Waals surface area contributed by atoms with Crippen molar-refractivity contribution < 1.29 is 24.6 Å². The number of fused-ring (bicyclic) bond motifs is 1. The molecule has 0 radical (unpaired) electrons. The van der Waals surface area contributed by atoms with Gasteiger partial charge in [-0.3, -0.25) is 14.5 Å². The maximum absolute atomic E-state index is 11.8. The predicted molar refractivity (Wildman–Crippen MR) is 81.8 cm³/mol. The average molecular weight is 358 g/mol. The highest BCUT2D eigenvalue weighted by Gasteiger charge is 2.53. The second-order valence-corrected chi connectivity index (χ2v) is 8.28. The van der Waals surface area contributed by atoms with Crippen molar-refractivity contribution in [2.75, 3.05) is 5.75 Å². The molecule has 0 aliphatic carbocycles. The molecular formula is C12H10N2O5S3. The molecule has 1 fully saturated rings. The van der Waals surface area contributed by atoms with Crippen molar-refractivity contribution >= 4 is 52.7 Å². The third-order valence-corrected chi connectivity index (χ3v) is 7.13. The molecule has 0 bridgehead atoms. The second-order valence-electron chi connectivity index (χ2n) is 4.66. The van der Waals surface area contributed by atoms with Gasteiger partial charge in [-0.2, -0.15) is 0 Å². The van der Waals surface area contributed by atoms with Gasteiger partial charge in [0.1, 0.15) is 14.8 Å². The van der Waals surface area contributed by atoms with Crippen LogP contribution in [0.3, 0.4) is 0 Å². The van der Waals surface area contributed by atoms with E-state index in [2.05, 4.69) is 4.98 Å². The van der Waals surface area contributed by atoms with E-state index < -0.39 is 22.1 Å². The summed E-state index contributed by atoms with van der Waals surface area (Å²) in [5.41, 5.74) is -0.248. The van der Waals surface area contributed by atoms with E-state index in [1.807, 2.05) is 0 Å². The molecule has 1 aromatic heterocycles. The summed E-state index contributed by atoms with van der Waals surface area (Å²) in [4.78, 5) is 39.9. The number of carbonyl (C=O) groups excluding carboxylic acids is 1. The third kappa shape index (κ3) is 2.50. The highest BCUT2D eigenvalue weighted by Crippen LogP contribution is 2.48. The number of amides is 1. The smallest absolute Gasteiger partial charge is 0.352 e. The number of thiazole rings is 1. The molecule has 22 heavy (non-hydrogen) atoms. The number of nitrogens with zero attached hydrogens (tertiary/aromatic N) is 2. The predicted octanol–water partition coefficient (Wildman–Crippen LogP) is 1.33. The fraction of sp³-hybridized carbons (Fsp3) is 0.333. The molecule has 10 heteroatoms. The molecule has 1 unspecified atom stereocenters. The number of hydrogen-bond acceptors (Lipinski definition) is 7. The summed E-state index contributed by atoms with van der Waals surface area (Å²) >= 11 is 3.77. The van der Waals surface area contributed by atoms with Crippen LogP contribution in [0.4, 0.5) is 0 Å². The van der Waals surface area contributed by atoms with E-state index in [-0.39, 0.29) is 23.8 Å². The Kier molecular flexibility index (Phi) is 3.91. The summed E-state index contributed by atoms with van der Waals surface area (Å²) in [6.07, 6.45) is 2.96. The molecule has 2 N–H and O–H groups in total. The zero-order valence-corrected chi connectivity index (χ0v) is 13.4. The van der Waals surface area contributed by atoms with Crippen molar-refractivity contribution in [2.45, 2.75) is 20.9 Å². The minimum atomic E-state index is -1.38. The van der Waals surface area contributed by atoms with Crippen LogP contribution in [0.25, 0.3) is 0 Å². The van der Waals surface area contributed by atoms with Gasteiger partial charge >= 0.3 is 11.9 Å². The van der Waals surface area contributed by atoms with Crippen LogP contribution < -0.4 is 0 Å². The monoisotopic (exact) mass is 358 g/mol. The lowest BCUT2D eigenvalue weighted by atomic mass is 10.1. The van der Waals surface area contributed by atoms with Crippen molar-refractivity contribution in [2.24, 2.45) is 0 Å². The van der Waals surface area contributed by atoms with E-state index in [1.165, 1.54) is 29.2 Å². The van der Waals surface area contributed by atoms with Crippen LogP contribution in [0, 0.1) is 0 Å². The Balaban J connectivity index is 1.92. The fourth-order valence-electron chi connectivity index (χ4n) is 2.20.